The zero-order chi connectivity index (χ0) is 22.8. The molecule has 0 amide bonds. The third-order valence-electron chi connectivity index (χ3n) is 4.48. The molecular weight excluding hydrogens is 423 g/mol. The number of carbonyl (C=O) groups excluding carboxylic acids is 1. The molecule has 1 aliphatic heterocycles. The van der Waals surface area contributed by atoms with Crippen LogP contribution in [0.15, 0.2) is 51.0 Å². The molecule has 2 aromatic rings. The predicted molar refractivity (Wildman–Crippen MR) is 98.9 cm³/mol. The second kappa shape index (κ2) is 8.82. The number of fused-ring (bicyclic) bond motifs is 1. The fourth-order valence-electron chi connectivity index (χ4n) is 3.17. The molecule has 1 atom stereocenters. The summed E-state index contributed by atoms with van der Waals surface area (Å²) in [4.78, 5) is 25.1. The standard InChI is InChI=1S/C20H18F3NO7/c1-28-6-7-29-19(27)15-14(11-4-2-3-5-12(11)20(21,22)23)17-16(31-18(15)24)13(26)8-10(9-25)30-17/h2-5,8,14,25H,6-7,9,24H2,1H3/t14-/m0/s1. The zero-order valence-electron chi connectivity index (χ0n) is 16.2. The van der Waals surface area contributed by atoms with E-state index in [1.165, 1.54) is 19.2 Å². The molecule has 8 nitrogen and oxygen atoms in total. The number of esters is 1. The molecule has 2 heterocycles. The average molecular weight is 441 g/mol. The number of hydrogen-bond acceptors (Lipinski definition) is 8. The maximum absolute atomic E-state index is 13.7. The summed E-state index contributed by atoms with van der Waals surface area (Å²) >= 11 is 0. The van der Waals surface area contributed by atoms with Gasteiger partial charge in [-0.3, -0.25) is 4.79 Å². The summed E-state index contributed by atoms with van der Waals surface area (Å²) in [6.45, 7) is -0.875. The molecule has 11 heteroatoms. The first-order valence-corrected chi connectivity index (χ1v) is 8.96. The Morgan fingerprint density at radius 2 is 1.97 bits per heavy atom. The van der Waals surface area contributed by atoms with Gasteiger partial charge in [0, 0.05) is 13.2 Å². The van der Waals surface area contributed by atoms with Gasteiger partial charge in [0.2, 0.25) is 17.1 Å². The molecule has 0 bridgehead atoms. The van der Waals surface area contributed by atoms with Crippen molar-refractivity contribution in [3.8, 4) is 5.75 Å². The van der Waals surface area contributed by atoms with Gasteiger partial charge in [-0.25, -0.2) is 4.79 Å². The van der Waals surface area contributed by atoms with E-state index in [2.05, 4.69) is 0 Å². The molecule has 0 saturated heterocycles. The molecule has 3 rings (SSSR count). The molecule has 0 fully saturated rings. The van der Waals surface area contributed by atoms with Gasteiger partial charge >= 0.3 is 12.1 Å². The molecule has 1 aromatic carbocycles. The lowest BCUT2D eigenvalue weighted by Crippen LogP contribution is -2.31. The zero-order valence-corrected chi connectivity index (χ0v) is 16.2. The Bertz CT molecular complexity index is 1080. The van der Waals surface area contributed by atoms with E-state index in [1.807, 2.05) is 0 Å². The highest BCUT2D eigenvalue weighted by atomic mass is 19.4. The van der Waals surface area contributed by atoms with Crippen molar-refractivity contribution < 1.29 is 41.7 Å². The number of aliphatic hydroxyl groups excluding tert-OH is 1. The molecule has 166 valence electrons. The minimum absolute atomic E-state index is 0.0317. The Kier molecular flexibility index (Phi) is 6.37. The van der Waals surface area contributed by atoms with Crippen molar-refractivity contribution in [2.45, 2.75) is 18.7 Å². The van der Waals surface area contributed by atoms with Crippen LogP contribution in [0.25, 0.3) is 0 Å². The van der Waals surface area contributed by atoms with Crippen LogP contribution < -0.4 is 15.9 Å². The number of methoxy groups -OCH3 is 1. The van der Waals surface area contributed by atoms with Crippen molar-refractivity contribution in [3.05, 3.63) is 74.7 Å². The fraction of sp³-hybridized carbons (Fsp3) is 0.300. The Labute approximate surface area is 173 Å². The highest BCUT2D eigenvalue weighted by Crippen LogP contribution is 2.45. The Balaban J connectivity index is 2.27. The van der Waals surface area contributed by atoms with E-state index in [0.29, 0.717) is 0 Å². The molecule has 0 spiro atoms. The predicted octanol–water partition coefficient (Wildman–Crippen LogP) is 2.04. The van der Waals surface area contributed by atoms with Crippen molar-refractivity contribution >= 4 is 5.97 Å². The average Bonchev–Trinajstić information content (AvgIpc) is 2.72. The second-order valence-corrected chi connectivity index (χ2v) is 6.46. The number of carbonyl (C=O) groups is 1. The molecule has 0 unspecified atom stereocenters. The molecule has 1 aromatic heterocycles. The van der Waals surface area contributed by atoms with Gasteiger partial charge in [0.1, 0.15) is 24.5 Å². The van der Waals surface area contributed by atoms with E-state index in [4.69, 9.17) is 24.4 Å². The van der Waals surface area contributed by atoms with Crippen LogP contribution in [-0.4, -0.2) is 31.4 Å². The third kappa shape index (κ3) is 4.42. The molecular formula is C20H18F3NO7. The van der Waals surface area contributed by atoms with Gasteiger partial charge in [0.05, 0.1) is 18.1 Å². The van der Waals surface area contributed by atoms with Crippen LogP contribution in [0.3, 0.4) is 0 Å². The summed E-state index contributed by atoms with van der Waals surface area (Å²) < 4.78 is 61.7. The van der Waals surface area contributed by atoms with E-state index in [-0.39, 0.29) is 19.0 Å². The Morgan fingerprint density at radius 3 is 2.61 bits per heavy atom. The highest BCUT2D eigenvalue weighted by molar-refractivity contribution is 5.92. The minimum atomic E-state index is -4.79. The Morgan fingerprint density at radius 1 is 1.26 bits per heavy atom. The first-order chi connectivity index (χ1) is 14.7. The molecule has 1 aliphatic rings. The van der Waals surface area contributed by atoms with Gasteiger partial charge in [-0.15, -0.1) is 0 Å². The van der Waals surface area contributed by atoms with Crippen molar-refractivity contribution in [3.63, 3.8) is 0 Å². The summed E-state index contributed by atoms with van der Waals surface area (Å²) in [5, 5.41) is 9.38. The lowest BCUT2D eigenvalue weighted by Gasteiger charge is -2.28. The smallest absolute Gasteiger partial charge is 0.416 e. The SMILES string of the molecule is COCCOC(=O)C1=C(N)Oc2c(oc(CO)cc2=O)[C@H]1c1ccccc1C(F)(F)F. The molecule has 31 heavy (non-hydrogen) atoms. The maximum Gasteiger partial charge on any atom is 0.416 e. The largest absolute Gasteiger partial charge is 0.460 e. The number of aliphatic hydroxyl groups is 1. The Hall–Kier alpha value is -3.31. The molecule has 0 aliphatic carbocycles. The van der Waals surface area contributed by atoms with Crippen LogP contribution in [0.2, 0.25) is 0 Å². The number of rotatable bonds is 6. The van der Waals surface area contributed by atoms with E-state index in [0.717, 1.165) is 18.2 Å². The monoisotopic (exact) mass is 441 g/mol. The third-order valence-corrected chi connectivity index (χ3v) is 4.48. The summed E-state index contributed by atoms with van der Waals surface area (Å²) in [6, 6.07) is 5.38. The van der Waals surface area contributed by atoms with Crippen LogP contribution in [-0.2, 0) is 27.1 Å². The number of halogens is 3. The van der Waals surface area contributed by atoms with Crippen LogP contribution in [0.1, 0.15) is 28.6 Å². The second-order valence-electron chi connectivity index (χ2n) is 6.46. The number of alkyl halides is 3. The highest BCUT2D eigenvalue weighted by Gasteiger charge is 2.44. The summed E-state index contributed by atoms with van der Waals surface area (Å²) in [6.07, 6.45) is -4.79. The minimum Gasteiger partial charge on any atom is -0.460 e. The lowest BCUT2D eigenvalue weighted by molar-refractivity contribution is -0.142. The first kappa shape index (κ1) is 22.4. The van der Waals surface area contributed by atoms with Gasteiger partial charge in [0.15, 0.2) is 5.76 Å². The number of hydrogen-bond donors (Lipinski definition) is 2. The number of nitrogens with two attached hydrogens (primary N) is 1. The fourth-order valence-corrected chi connectivity index (χ4v) is 3.17. The molecule has 3 N–H and O–H groups in total. The quantitative estimate of drug-likeness (QED) is 0.516. The van der Waals surface area contributed by atoms with E-state index < -0.39 is 64.2 Å². The van der Waals surface area contributed by atoms with Gasteiger partial charge in [-0.1, -0.05) is 18.2 Å². The number of ether oxygens (including phenoxy) is 3. The number of benzene rings is 1. The van der Waals surface area contributed by atoms with Crippen molar-refractivity contribution in [1.82, 2.24) is 0 Å². The first-order valence-electron chi connectivity index (χ1n) is 8.96. The van der Waals surface area contributed by atoms with Crippen LogP contribution in [0, 0.1) is 0 Å². The van der Waals surface area contributed by atoms with Gasteiger partial charge in [-0.2, -0.15) is 13.2 Å². The van der Waals surface area contributed by atoms with Gasteiger partial charge < -0.3 is 29.5 Å². The van der Waals surface area contributed by atoms with E-state index in [9.17, 15) is 27.9 Å². The summed E-state index contributed by atoms with van der Waals surface area (Å²) in [7, 11) is 1.37. The van der Waals surface area contributed by atoms with Crippen molar-refractivity contribution in [2.75, 3.05) is 20.3 Å². The van der Waals surface area contributed by atoms with E-state index >= 15 is 0 Å². The summed E-state index contributed by atoms with van der Waals surface area (Å²) in [5.41, 5.74) is 3.11. The van der Waals surface area contributed by atoms with Gasteiger partial charge in [0.25, 0.3) is 0 Å². The van der Waals surface area contributed by atoms with Crippen LogP contribution >= 0.6 is 0 Å². The molecule has 0 radical (unpaired) electrons. The molecule has 0 saturated carbocycles. The van der Waals surface area contributed by atoms with E-state index in [1.54, 1.807) is 0 Å². The maximum atomic E-state index is 13.7. The van der Waals surface area contributed by atoms with Crippen molar-refractivity contribution in [2.24, 2.45) is 5.73 Å². The van der Waals surface area contributed by atoms with Crippen molar-refractivity contribution in [1.29, 1.82) is 0 Å². The van der Waals surface area contributed by atoms with Crippen LogP contribution in [0.5, 0.6) is 5.75 Å². The summed E-state index contributed by atoms with van der Waals surface area (Å²) in [5.74, 6) is -4.35. The topological polar surface area (TPSA) is 121 Å². The van der Waals surface area contributed by atoms with Gasteiger partial charge in [-0.05, 0) is 11.6 Å². The normalized spacial score (nSPS) is 16.0. The lowest BCUT2D eigenvalue weighted by atomic mass is 9.84. The van der Waals surface area contributed by atoms with Crippen LogP contribution in [0.4, 0.5) is 13.2 Å².